The average molecular weight is 244 g/mol. The summed E-state index contributed by atoms with van der Waals surface area (Å²) < 4.78 is 0. The van der Waals surface area contributed by atoms with E-state index < -0.39 is 0 Å². The van der Waals surface area contributed by atoms with Gasteiger partial charge in [0.05, 0.1) is 11.7 Å². The largest absolute Gasteiger partial charge is 0.304 e. The first-order chi connectivity index (χ1) is 8.43. The summed E-state index contributed by atoms with van der Waals surface area (Å²) in [5, 5.41) is 7.96. The Morgan fingerprint density at radius 3 is 3.29 bits per heavy atom. The minimum absolute atomic E-state index is 0.430. The molecule has 1 aliphatic carbocycles. The van der Waals surface area contributed by atoms with E-state index >= 15 is 0 Å². The van der Waals surface area contributed by atoms with Crippen LogP contribution in [0.1, 0.15) is 35.7 Å². The molecule has 0 saturated carbocycles. The number of rotatable bonds is 3. The molecular formula is C14H16N2S. The van der Waals surface area contributed by atoms with Crippen molar-refractivity contribution < 1.29 is 0 Å². The molecule has 0 radical (unpaired) electrons. The van der Waals surface area contributed by atoms with E-state index in [-0.39, 0.29) is 0 Å². The van der Waals surface area contributed by atoms with Crippen LogP contribution >= 0.6 is 11.3 Å². The second-order valence-electron chi connectivity index (χ2n) is 4.51. The summed E-state index contributed by atoms with van der Waals surface area (Å²) in [6, 6.07) is 6.86. The van der Waals surface area contributed by atoms with Crippen molar-refractivity contribution in [2.45, 2.75) is 31.8 Å². The summed E-state index contributed by atoms with van der Waals surface area (Å²) in [5.74, 6) is 0. The number of aryl methyl sites for hydroxylation is 1. The summed E-state index contributed by atoms with van der Waals surface area (Å²) in [5.41, 5.74) is 4.05. The van der Waals surface area contributed by atoms with Crippen LogP contribution in [0.5, 0.6) is 0 Å². The molecule has 88 valence electrons. The van der Waals surface area contributed by atoms with Gasteiger partial charge < -0.3 is 5.32 Å². The van der Waals surface area contributed by atoms with E-state index in [0.29, 0.717) is 6.04 Å². The fourth-order valence-corrected chi connectivity index (χ4v) is 3.11. The average Bonchev–Trinajstić information content (AvgIpc) is 2.89. The molecule has 2 nitrogen and oxygen atoms in total. The van der Waals surface area contributed by atoms with E-state index in [9.17, 15) is 0 Å². The highest BCUT2D eigenvalue weighted by atomic mass is 32.1. The standard InChI is InChI=1S/C14H16N2S/c1-3-12-4-2-7-15-14(12)13(5-1)16-9-11-6-8-17-10-11/h2,4,6-8,10,13,16H,1,3,5,9H2. The normalized spacial score (nSPS) is 18.9. The molecule has 1 atom stereocenters. The van der Waals surface area contributed by atoms with Gasteiger partial charge in [0.25, 0.3) is 0 Å². The van der Waals surface area contributed by atoms with Crippen LogP contribution in [-0.2, 0) is 13.0 Å². The van der Waals surface area contributed by atoms with Crippen LogP contribution in [0, 0.1) is 0 Å². The molecule has 0 amide bonds. The Morgan fingerprint density at radius 2 is 2.41 bits per heavy atom. The number of thiophene rings is 1. The number of hydrogen-bond acceptors (Lipinski definition) is 3. The Morgan fingerprint density at radius 1 is 1.41 bits per heavy atom. The van der Waals surface area contributed by atoms with Crippen LogP contribution in [0.3, 0.4) is 0 Å². The maximum absolute atomic E-state index is 4.54. The molecule has 17 heavy (non-hydrogen) atoms. The first-order valence-corrected chi connectivity index (χ1v) is 7.06. The molecule has 0 aliphatic heterocycles. The van der Waals surface area contributed by atoms with Gasteiger partial charge in [0.15, 0.2) is 0 Å². The number of aromatic nitrogens is 1. The lowest BCUT2D eigenvalue weighted by atomic mass is 9.92. The van der Waals surface area contributed by atoms with Gasteiger partial charge in [-0.15, -0.1) is 0 Å². The first kappa shape index (κ1) is 10.9. The summed E-state index contributed by atoms with van der Waals surface area (Å²) >= 11 is 1.76. The molecule has 0 aromatic carbocycles. The van der Waals surface area contributed by atoms with Crippen LogP contribution < -0.4 is 5.32 Å². The van der Waals surface area contributed by atoms with Gasteiger partial charge in [-0.05, 0) is 53.3 Å². The molecule has 0 bridgehead atoms. The third-order valence-corrected chi connectivity index (χ3v) is 4.06. The Labute approximate surface area is 106 Å². The van der Waals surface area contributed by atoms with Gasteiger partial charge in [-0.25, -0.2) is 0 Å². The molecule has 2 aromatic rings. The van der Waals surface area contributed by atoms with Crippen molar-refractivity contribution in [2.75, 3.05) is 0 Å². The first-order valence-electron chi connectivity index (χ1n) is 6.12. The van der Waals surface area contributed by atoms with Gasteiger partial charge in [-0.3, -0.25) is 4.98 Å². The van der Waals surface area contributed by atoms with Crippen molar-refractivity contribution in [3.8, 4) is 0 Å². The van der Waals surface area contributed by atoms with E-state index in [1.807, 2.05) is 12.3 Å². The van der Waals surface area contributed by atoms with E-state index in [1.165, 1.54) is 36.1 Å². The van der Waals surface area contributed by atoms with Crippen molar-refractivity contribution >= 4 is 11.3 Å². The van der Waals surface area contributed by atoms with E-state index in [0.717, 1.165) is 6.54 Å². The van der Waals surface area contributed by atoms with Gasteiger partial charge in [0, 0.05) is 12.7 Å². The second kappa shape index (κ2) is 4.98. The third kappa shape index (κ3) is 2.40. The Balaban J connectivity index is 1.72. The lowest BCUT2D eigenvalue weighted by Crippen LogP contribution is -2.25. The SMILES string of the molecule is c1cnc2c(c1)CCCC2NCc1ccsc1. The molecule has 2 aromatic heterocycles. The van der Waals surface area contributed by atoms with E-state index in [2.05, 4.69) is 33.2 Å². The van der Waals surface area contributed by atoms with E-state index in [4.69, 9.17) is 0 Å². The lowest BCUT2D eigenvalue weighted by molar-refractivity contribution is 0.448. The van der Waals surface area contributed by atoms with Crippen LogP contribution in [0.15, 0.2) is 35.2 Å². The molecule has 0 spiro atoms. The highest BCUT2D eigenvalue weighted by Gasteiger charge is 2.20. The smallest absolute Gasteiger partial charge is 0.0605 e. The van der Waals surface area contributed by atoms with Crippen molar-refractivity contribution in [2.24, 2.45) is 0 Å². The molecule has 1 aliphatic rings. The molecule has 2 heterocycles. The zero-order valence-corrected chi connectivity index (χ0v) is 10.5. The summed E-state index contributed by atoms with van der Waals surface area (Å²) in [6.07, 6.45) is 5.55. The summed E-state index contributed by atoms with van der Waals surface area (Å²) in [4.78, 5) is 4.54. The number of hydrogen-bond donors (Lipinski definition) is 1. The number of nitrogens with zero attached hydrogens (tertiary/aromatic N) is 1. The van der Waals surface area contributed by atoms with Gasteiger partial charge in [-0.2, -0.15) is 11.3 Å². The third-order valence-electron chi connectivity index (χ3n) is 3.33. The Bertz CT molecular complexity index is 479. The fourth-order valence-electron chi connectivity index (χ4n) is 2.44. The number of pyridine rings is 1. The lowest BCUT2D eigenvalue weighted by Gasteiger charge is -2.25. The maximum atomic E-state index is 4.54. The molecule has 3 heteroatoms. The minimum atomic E-state index is 0.430. The molecule has 0 fully saturated rings. The van der Waals surface area contributed by atoms with Crippen LogP contribution in [-0.4, -0.2) is 4.98 Å². The van der Waals surface area contributed by atoms with Crippen LogP contribution in [0.4, 0.5) is 0 Å². The highest BCUT2D eigenvalue weighted by molar-refractivity contribution is 7.07. The summed E-state index contributed by atoms with van der Waals surface area (Å²) in [6.45, 7) is 0.949. The minimum Gasteiger partial charge on any atom is -0.304 e. The Hall–Kier alpha value is -1.19. The summed E-state index contributed by atoms with van der Waals surface area (Å²) in [7, 11) is 0. The number of nitrogens with one attached hydrogen (secondary N) is 1. The topological polar surface area (TPSA) is 24.9 Å². The van der Waals surface area contributed by atoms with Gasteiger partial charge in [0.1, 0.15) is 0 Å². The maximum Gasteiger partial charge on any atom is 0.0605 e. The van der Waals surface area contributed by atoms with Crippen molar-refractivity contribution in [1.29, 1.82) is 0 Å². The molecule has 0 saturated heterocycles. The van der Waals surface area contributed by atoms with Gasteiger partial charge >= 0.3 is 0 Å². The molecule has 3 rings (SSSR count). The fraction of sp³-hybridized carbons (Fsp3) is 0.357. The van der Waals surface area contributed by atoms with Gasteiger partial charge in [0.2, 0.25) is 0 Å². The van der Waals surface area contributed by atoms with E-state index in [1.54, 1.807) is 11.3 Å². The van der Waals surface area contributed by atoms with Crippen LogP contribution in [0.2, 0.25) is 0 Å². The molecule has 1 N–H and O–H groups in total. The van der Waals surface area contributed by atoms with Crippen molar-refractivity contribution in [3.63, 3.8) is 0 Å². The monoisotopic (exact) mass is 244 g/mol. The number of fused-ring (bicyclic) bond motifs is 1. The predicted octanol–water partition coefficient (Wildman–Crippen LogP) is 3.31. The Kier molecular flexibility index (Phi) is 3.20. The van der Waals surface area contributed by atoms with Crippen molar-refractivity contribution in [3.05, 3.63) is 52.0 Å². The highest BCUT2D eigenvalue weighted by Crippen LogP contribution is 2.27. The van der Waals surface area contributed by atoms with Crippen molar-refractivity contribution in [1.82, 2.24) is 10.3 Å². The quantitative estimate of drug-likeness (QED) is 0.896. The predicted molar refractivity (Wildman–Crippen MR) is 71.1 cm³/mol. The van der Waals surface area contributed by atoms with Gasteiger partial charge in [-0.1, -0.05) is 6.07 Å². The zero-order valence-electron chi connectivity index (χ0n) is 9.73. The molecular weight excluding hydrogens is 228 g/mol. The van der Waals surface area contributed by atoms with Crippen LogP contribution in [0.25, 0.3) is 0 Å². The second-order valence-corrected chi connectivity index (χ2v) is 5.29. The molecule has 1 unspecified atom stereocenters. The zero-order chi connectivity index (χ0) is 11.5.